The van der Waals surface area contributed by atoms with Crippen LogP contribution in [0, 0.1) is 5.41 Å². The van der Waals surface area contributed by atoms with E-state index in [9.17, 15) is 0 Å². The van der Waals surface area contributed by atoms with Gasteiger partial charge in [0.05, 0.1) is 0 Å². The quantitative estimate of drug-likeness (QED) is 0.610. The van der Waals surface area contributed by atoms with Crippen LogP contribution in [0.15, 0.2) is 24.3 Å². The van der Waals surface area contributed by atoms with Crippen LogP contribution in [-0.4, -0.2) is 10.6 Å². The van der Waals surface area contributed by atoms with Crippen molar-refractivity contribution in [2.45, 2.75) is 31.3 Å². The van der Waals surface area contributed by atoms with Crippen molar-refractivity contribution in [2.75, 3.05) is 0 Å². The molecule has 3 N–H and O–H groups in total. The third kappa shape index (κ3) is 4.38. The van der Waals surface area contributed by atoms with Crippen LogP contribution in [0.3, 0.4) is 0 Å². The zero-order chi connectivity index (χ0) is 11.5. The molecule has 0 radical (unpaired) electrons. The van der Waals surface area contributed by atoms with Gasteiger partial charge >= 0.3 is 0 Å². The average Bonchev–Trinajstić information content (AvgIpc) is 2.14. The molecule has 1 rings (SSSR count). The topological polar surface area (TPSA) is 49.9 Å². The van der Waals surface area contributed by atoms with E-state index in [1.807, 2.05) is 30.0 Å². The van der Waals surface area contributed by atoms with E-state index < -0.39 is 0 Å². The maximum Gasteiger partial charge on any atom is 0.122 e. The molecule has 0 bridgehead atoms. The van der Waals surface area contributed by atoms with E-state index >= 15 is 0 Å². The molecule has 0 spiro atoms. The Kier molecular flexibility index (Phi) is 3.80. The molecule has 0 aromatic heterocycles. The van der Waals surface area contributed by atoms with E-state index in [4.69, 9.17) is 11.1 Å². The van der Waals surface area contributed by atoms with Gasteiger partial charge in [-0.15, -0.1) is 0 Å². The van der Waals surface area contributed by atoms with E-state index in [1.165, 1.54) is 5.56 Å². The van der Waals surface area contributed by atoms with Crippen LogP contribution in [0.1, 0.15) is 31.9 Å². The van der Waals surface area contributed by atoms with Crippen molar-refractivity contribution in [3.05, 3.63) is 35.4 Å². The summed E-state index contributed by atoms with van der Waals surface area (Å²) in [4.78, 5) is 0. The zero-order valence-electron chi connectivity index (χ0n) is 9.50. The van der Waals surface area contributed by atoms with Crippen molar-refractivity contribution in [1.29, 1.82) is 5.41 Å². The lowest BCUT2D eigenvalue weighted by atomic mass is 10.1. The first kappa shape index (κ1) is 12.1. The normalized spacial score (nSPS) is 11.4. The van der Waals surface area contributed by atoms with Crippen LogP contribution in [0.4, 0.5) is 0 Å². The van der Waals surface area contributed by atoms with Crippen molar-refractivity contribution >= 4 is 17.6 Å². The summed E-state index contributed by atoms with van der Waals surface area (Å²) in [6.07, 6.45) is 0. The third-order valence-electron chi connectivity index (χ3n) is 1.91. The summed E-state index contributed by atoms with van der Waals surface area (Å²) < 4.78 is 0.270. The van der Waals surface area contributed by atoms with Gasteiger partial charge in [-0.25, -0.2) is 0 Å². The Bertz CT molecular complexity index is 353. The largest absolute Gasteiger partial charge is 0.384 e. The van der Waals surface area contributed by atoms with Gasteiger partial charge in [0, 0.05) is 16.1 Å². The zero-order valence-corrected chi connectivity index (χ0v) is 10.3. The summed E-state index contributed by atoms with van der Waals surface area (Å²) in [5.41, 5.74) is 7.47. The number of hydrogen-bond acceptors (Lipinski definition) is 2. The number of nitrogens with one attached hydrogen (secondary N) is 1. The van der Waals surface area contributed by atoms with E-state index in [0.29, 0.717) is 0 Å². The van der Waals surface area contributed by atoms with Crippen LogP contribution < -0.4 is 5.73 Å². The molecule has 0 amide bonds. The number of nitrogen functional groups attached to an aromatic ring is 1. The molecule has 0 aliphatic rings. The molecule has 1 aromatic rings. The standard InChI is InChI=1S/C12H18N2S/c1-12(2,3)15-8-9-5-4-6-10(7-9)11(13)14/h4-7H,8H2,1-3H3,(H3,13,14). The minimum absolute atomic E-state index is 0.137. The monoisotopic (exact) mass is 222 g/mol. The summed E-state index contributed by atoms with van der Waals surface area (Å²) in [6.45, 7) is 6.60. The van der Waals surface area contributed by atoms with Crippen molar-refractivity contribution in [3.8, 4) is 0 Å². The highest BCUT2D eigenvalue weighted by Gasteiger charge is 2.10. The number of nitrogens with two attached hydrogens (primary N) is 1. The summed E-state index contributed by atoms with van der Waals surface area (Å²) in [6, 6.07) is 7.88. The maximum absolute atomic E-state index is 7.36. The lowest BCUT2D eigenvalue weighted by Gasteiger charge is -2.17. The third-order valence-corrected chi connectivity index (χ3v) is 3.25. The van der Waals surface area contributed by atoms with Crippen LogP contribution in [0.2, 0.25) is 0 Å². The predicted molar refractivity (Wildman–Crippen MR) is 68.5 cm³/mol. The van der Waals surface area contributed by atoms with E-state index in [0.717, 1.165) is 11.3 Å². The van der Waals surface area contributed by atoms with Gasteiger partial charge in [0.15, 0.2) is 0 Å². The molecule has 0 saturated carbocycles. The van der Waals surface area contributed by atoms with Crippen LogP contribution in [0.25, 0.3) is 0 Å². The highest BCUT2D eigenvalue weighted by atomic mass is 32.2. The van der Waals surface area contributed by atoms with Crippen LogP contribution in [0.5, 0.6) is 0 Å². The Morgan fingerprint density at radius 2 is 2.07 bits per heavy atom. The number of rotatable bonds is 3. The molecule has 3 heteroatoms. The molecule has 0 aliphatic carbocycles. The van der Waals surface area contributed by atoms with Crippen molar-refractivity contribution in [2.24, 2.45) is 5.73 Å². The Morgan fingerprint density at radius 1 is 1.40 bits per heavy atom. The highest BCUT2D eigenvalue weighted by Crippen LogP contribution is 2.27. The van der Waals surface area contributed by atoms with Crippen molar-refractivity contribution in [1.82, 2.24) is 0 Å². The van der Waals surface area contributed by atoms with Crippen LogP contribution >= 0.6 is 11.8 Å². The number of hydrogen-bond donors (Lipinski definition) is 2. The summed E-state index contributed by atoms with van der Waals surface area (Å²) in [5, 5.41) is 7.36. The van der Waals surface area contributed by atoms with E-state index in [2.05, 4.69) is 26.8 Å². The first-order valence-electron chi connectivity index (χ1n) is 4.96. The second kappa shape index (κ2) is 4.71. The number of amidine groups is 1. The summed E-state index contributed by atoms with van der Waals surface area (Å²) >= 11 is 1.90. The second-order valence-corrected chi connectivity index (χ2v) is 6.32. The lowest BCUT2D eigenvalue weighted by molar-refractivity contribution is 0.802. The van der Waals surface area contributed by atoms with Gasteiger partial charge in [0.25, 0.3) is 0 Å². The van der Waals surface area contributed by atoms with Crippen molar-refractivity contribution in [3.63, 3.8) is 0 Å². The molecule has 0 heterocycles. The predicted octanol–water partition coefficient (Wildman–Crippen LogP) is 3.00. The number of benzene rings is 1. The van der Waals surface area contributed by atoms with E-state index in [-0.39, 0.29) is 10.6 Å². The molecule has 82 valence electrons. The fourth-order valence-electron chi connectivity index (χ4n) is 1.13. The minimum atomic E-state index is 0.137. The molecule has 15 heavy (non-hydrogen) atoms. The Hall–Kier alpha value is -0.960. The van der Waals surface area contributed by atoms with Gasteiger partial charge in [0.1, 0.15) is 5.84 Å². The fourth-order valence-corrected chi connectivity index (χ4v) is 1.91. The van der Waals surface area contributed by atoms with Gasteiger partial charge in [-0.1, -0.05) is 39.0 Å². The molecule has 1 aromatic carbocycles. The summed E-state index contributed by atoms with van der Waals surface area (Å²) in [7, 11) is 0. The van der Waals surface area contributed by atoms with Gasteiger partial charge in [0.2, 0.25) is 0 Å². The molecule has 0 atom stereocenters. The fraction of sp³-hybridized carbons (Fsp3) is 0.417. The molecule has 0 fully saturated rings. The lowest BCUT2D eigenvalue weighted by Crippen LogP contribution is -2.11. The molecular weight excluding hydrogens is 204 g/mol. The number of thioether (sulfide) groups is 1. The Labute approximate surface area is 95.8 Å². The summed E-state index contributed by atoms with van der Waals surface area (Å²) in [5.74, 6) is 1.10. The van der Waals surface area contributed by atoms with Gasteiger partial charge in [-0.05, 0) is 11.6 Å². The smallest absolute Gasteiger partial charge is 0.122 e. The first-order chi connectivity index (χ1) is 6.88. The first-order valence-corrected chi connectivity index (χ1v) is 5.94. The van der Waals surface area contributed by atoms with Gasteiger partial charge in [-0.3, -0.25) is 5.41 Å². The molecular formula is C12H18N2S. The molecule has 2 nitrogen and oxygen atoms in total. The second-order valence-electron chi connectivity index (χ2n) is 4.52. The van der Waals surface area contributed by atoms with Crippen LogP contribution in [-0.2, 0) is 5.75 Å². The molecule has 0 saturated heterocycles. The van der Waals surface area contributed by atoms with E-state index in [1.54, 1.807) is 0 Å². The van der Waals surface area contributed by atoms with Gasteiger partial charge < -0.3 is 5.73 Å². The Morgan fingerprint density at radius 3 is 2.60 bits per heavy atom. The van der Waals surface area contributed by atoms with Crippen molar-refractivity contribution < 1.29 is 0 Å². The highest BCUT2D eigenvalue weighted by molar-refractivity contribution is 7.99. The maximum atomic E-state index is 7.36. The van der Waals surface area contributed by atoms with Gasteiger partial charge in [-0.2, -0.15) is 11.8 Å². The minimum Gasteiger partial charge on any atom is -0.384 e. The molecule has 0 aliphatic heterocycles. The average molecular weight is 222 g/mol. The Balaban J connectivity index is 2.70. The molecule has 0 unspecified atom stereocenters. The SMILES string of the molecule is CC(C)(C)SCc1cccc(C(=N)N)c1.